The molecule has 21 heavy (non-hydrogen) atoms. The monoisotopic (exact) mass is 296 g/mol. The number of hydrogen-bond donors (Lipinski definition) is 2. The summed E-state index contributed by atoms with van der Waals surface area (Å²) < 4.78 is 0. The Balaban J connectivity index is 2.05. The van der Waals surface area contributed by atoms with Gasteiger partial charge in [-0.15, -0.1) is 0 Å². The van der Waals surface area contributed by atoms with Gasteiger partial charge in [0.15, 0.2) is 0 Å². The maximum absolute atomic E-state index is 9.43. The van der Waals surface area contributed by atoms with E-state index in [1.165, 1.54) is 6.07 Å². The molecule has 0 aliphatic rings. The molecule has 0 fully saturated rings. The molecule has 0 saturated carbocycles. The molecule has 0 aliphatic carbocycles. The zero-order chi connectivity index (χ0) is 14.8. The zero-order valence-electron chi connectivity index (χ0n) is 11.1. The maximum atomic E-state index is 9.43. The summed E-state index contributed by atoms with van der Waals surface area (Å²) >= 11 is 6.19. The predicted octanol–water partition coefficient (Wildman–Crippen LogP) is 5.09. The van der Waals surface area contributed by atoms with Crippen LogP contribution in [0.25, 0.3) is 22.3 Å². The number of rotatable bonds is 2. The van der Waals surface area contributed by atoms with Crippen molar-refractivity contribution in [2.45, 2.75) is 0 Å². The van der Waals surface area contributed by atoms with Crippen LogP contribution in [0.4, 0.5) is 0 Å². The number of hydrogen-bond acceptors (Lipinski definition) is 2. The molecule has 0 unspecified atom stereocenters. The predicted molar refractivity (Wildman–Crippen MR) is 85.7 cm³/mol. The highest BCUT2D eigenvalue weighted by molar-refractivity contribution is 6.33. The molecule has 0 heterocycles. The molecule has 2 N–H and O–H groups in total. The number of phenolic OH excluding ortho intramolecular Hbond substituents is 2. The molecule has 0 bridgehead atoms. The second-order valence-electron chi connectivity index (χ2n) is 4.79. The van der Waals surface area contributed by atoms with Crippen LogP contribution in [0, 0.1) is 0 Å². The Kier molecular flexibility index (Phi) is 3.55. The Labute approximate surface area is 127 Å². The van der Waals surface area contributed by atoms with E-state index in [1.807, 2.05) is 36.4 Å². The van der Waals surface area contributed by atoms with Crippen LogP contribution in [0.3, 0.4) is 0 Å². The summed E-state index contributed by atoms with van der Waals surface area (Å²) in [7, 11) is 0. The van der Waals surface area contributed by atoms with E-state index in [0.29, 0.717) is 5.02 Å². The fourth-order valence-electron chi connectivity index (χ4n) is 2.26. The molecule has 0 radical (unpaired) electrons. The Morgan fingerprint density at radius 1 is 0.619 bits per heavy atom. The molecule has 0 atom stereocenters. The molecular formula is C18H13ClO2. The van der Waals surface area contributed by atoms with E-state index >= 15 is 0 Å². The Morgan fingerprint density at radius 3 is 2.00 bits per heavy atom. The minimum atomic E-state index is 0.151. The molecular weight excluding hydrogens is 284 g/mol. The number of phenols is 2. The highest BCUT2D eigenvalue weighted by atomic mass is 35.5. The minimum Gasteiger partial charge on any atom is -0.508 e. The van der Waals surface area contributed by atoms with Crippen LogP contribution in [0.1, 0.15) is 0 Å². The summed E-state index contributed by atoms with van der Waals surface area (Å²) in [6.45, 7) is 0. The quantitative estimate of drug-likeness (QED) is 0.692. The van der Waals surface area contributed by atoms with Crippen molar-refractivity contribution in [2.24, 2.45) is 0 Å². The third-order valence-corrected chi connectivity index (χ3v) is 3.64. The van der Waals surface area contributed by atoms with Crippen molar-refractivity contribution >= 4 is 11.6 Å². The molecule has 3 aromatic rings. The fourth-order valence-corrected chi connectivity index (χ4v) is 2.54. The van der Waals surface area contributed by atoms with Crippen molar-refractivity contribution in [3.63, 3.8) is 0 Å². The summed E-state index contributed by atoms with van der Waals surface area (Å²) in [5.41, 5.74) is 3.90. The second kappa shape index (κ2) is 5.51. The van der Waals surface area contributed by atoms with Gasteiger partial charge in [-0.05, 0) is 53.1 Å². The summed E-state index contributed by atoms with van der Waals surface area (Å²) in [5.74, 6) is 0.398. The Morgan fingerprint density at radius 2 is 1.29 bits per heavy atom. The highest BCUT2D eigenvalue weighted by Crippen LogP contribution is 2.33. The van der Waals surface area contributed by atoms with Crippen molar-refractivity contribution < 1.29 is 10.2 Å². The standard InChI is InChI=1S/C18H13ClO2/c19-18-11-16(21)8-9-17(18)14-3-1-2-13(10-14)12-4-6-15(20)7-5-12/h1-11,20-21H. The molecule has 0 aliphatic heterocycles. The van der Waals surface area contributed by atoms with E-state index in [4.69, 9.17) is 11.6 Å². The largest absolute Gasteiger partial charge is 0.508 e. The van der Waals surface area contributed by atoms with Crippen molar-refractivity contribution in [2.75, 3.05) is 0 Å². The summed E-state index contributed by atoms with van der Waals surface area (Å²) in [6.07, 6.45) is 0. The van der Waals surface area contributed by atoms with Gasteiger partial charge in [-0.25, -0.2) is 0 Å². The van der Waals surface area contributed by atoms with E-state index < -0.39 is 0 Å². The van der Waals surface area contributed by atoms with E-state index in [1.54, 1.807) is 24.3 Å². The Bertz CT molecular complexity index is 779. The van der Waals surface area contributed by atoms with Crippen LogP contribution in [0.5, 0.6) is 11.5 Å². The van der Waals surface area contributed by atoms with Gasteiger partial charge in [0.05, 0.1) is 5.02 Å². The SMILES string of the molecule is Oc1ccc(-c2cccc(-c3ccc(O)cc3Cl)c2)cc1. The van der Waals surface area contributed by atoms with Crippen LogP contribution in [0.15, 0.2) is 66.7 Å². The van der Waals surface area contributed by atoms with Crippen molar-refractivity contribution in [3.05, 3.63) is 71.8 Å². The average Bonchev–Trinajstić information content (AvgIpc) is 2.48. The first-order valence-electron chi connectivity index (χ1n) is 6.52. The van der Waals surface area contributed by atoms with Gasteiger partial charge in [-0.2, -0.15) is 0 Å². The van der Waals surface area contributed by atoms with E-state index in [9.17, 15) is 10.2 Å². The third-order valence-electron chi connectivity index (χ3n) is 3.33. The van der Waals surface area contributed by atoms with Gasteiger partial charge in [0, 0.05) is 5.56 Å². The zero-order valence-corrected chi connectivity index (χ0v) is 11.9. The summed E-state index contributed by atoms with van der Waals surface area (Å²) in [6, 6.07) is 20.0. The number of aromatic hydroxyl groups is 2. The maximum Gasteiger partial charge on any atom is 0.117 e. The summed E-state index contributed by atoms with van der Waals surface area (Å²) in [5, 5.41) is 19.3. The van der Waals surface area contributed by atoms with E-state index in [0.717, 1.165) is 22.3 Å². The van der Waals surface area contributed by atoms with Gasteiger partial charge in [0.25, 0.3) is 0 Å². The fraction of sp³-hybridized carbons (Fsp3) is 0. The van der Waals surface area contributed by atoms with Crippen LogP contribution in [-0.2, 0) is 0 Å². The molecule has 0 amide bonds. The smallest absolute Gasteiger partial charge is 0.117 e. The molecule has 3 aromatic carbocycles. The lowest BCUT2D eigenvalue weighted by atomic mass is 9.99. The lowest BCUT2D eigenvalue weighted by molar-refractivity contribution is 0.475. The van der Waals surface area contributed by atoms with Gasteiger partial charge in [-0.1, -0.05) is 41.9 Å². The lowest BCUT2D eigenvalue weighted by Gasteiger charge is -2.08. The van der Waals surface area contributed by atoms with Crippen molar-refractivity contribution in [1.29, 1.82) is 0 Å². The number of halogens is 1. The normalized spacial score (nSPS) is 10.5. The van der Waals surface area contributed by atoms with Crippen LogP contribution in [-0.4, -0.2) is 10.2 Å². The second-order valence-corrected chi connectivity index (χ2v) is 5.20. The molecule has 2 nitrogen and oxygen atoms in total. The van der Waals surface area contributed by atoms with Gasteiger partial charge < -0.3 is 10.2 Å². The van der Waals surface area contributed by atoms with Crippen LogP contribution in [0.2, 0.25) is 5.02 Å². The van der Waals surface area contributed by atoms with E-state index in [2.05, 4.69) is 0 Å². The first-order valence-corrected chi connectivity index (χ1v) is 6.89. The molecule has 0 aromatic heterocycles. The molecule has 104 valence electrons. The molecule has 3 rings (SSSR count). The van der Waals surface area contributed by atoms with Crippen LogP contribution < -0.4 is 0 Å². The Hall–Kier alpha value is -2.45. The van der Waals surface area contributed by atoms with Gasteiger partial charge in [0.2, 0.25) is 0 Å². The third kappa shape index (κ3) is 2.86. The number of benzene rings is 3. The van der Waals surface area contributed by atoms with Gasteiger partial charge >= 0.3 is 0 Å². The molecule has 0 spiro atoms. The lowest BCUT2D eigenvalue weighted by Crippen LogP contribution is -1.82. The summed E-state index contributed by atoms with van der Waals surface area (Å²) in [4.78, 5) is 0. The van der Waals surface area contributed by atoms with Crippen LogP contribution >= 0.6 is 11.6 Å². The topological polar surface area (TPSA) is 40.5 Å². The highest BCUT2D eigenvalue weighted by Gasteiger charge is 2.06. The van der Waals surface area contributed by atoms with Crippen molar-refractivity contribution in [3.8, 4) is 33.8 Å². The van der Waals surface area contributed by atoms with Crippen molar-refractivity contribution in [1.82, 2.24) is 0 Å². The van der Waals surface area contributed by atoms with Gasteiger partial charge in [-0.3, -0.25) is 0 Å². The first-order chi connectivity index (χ1) is 10.1. The minimum absolute atomic E-state index is 0.151. The first kappa shape index (κ1) is 13.5. The van der Waals surface area contributed by atoms with E-state index in [-0.39, 0.29) is 11.5 Å². The molecule has 3 heteroatoms. The molecule has 0 saturated heterocycles. The van der Waals surface area contributed by atoms with Gasteiger partial charge in [0.1, 0.15) is 11.5 Å². The average molecular weight is 297 g/mol.